The van der Waals surface area contributed by atoms with Crippen LogP contribution in [0.3, 0.4) is 0 Å². The number of pyridine rings is 1. The Morgan fingerprint density at radius 3 is 2.58 bits per heavy atom. The zero-order valence-electron chi connectivity index (χ0n) is 17.3. The average Bonchev–Trinajstić information content (AvgIpc) is 2.81. The summed E-state index contributed by atoms with van der Waals surface area (Å²) in [6.45, 7) is 2.15. The van der Waals surface area contributed by atoms with Crippen LogP contribution in [-0.4, -0.2) is 41.3 Å². The number of aromatic nitrogens is 3. The Hall–Kier alpha value is -3.67. The zero-order chi connectivity index (χ0) is 23.3. The summed E-state index contributed by atoms with van der Waals surface area (Å²) in [4.78, 5) is 13.9. The molecule has 4 rings (SSSR count). The second kappa shape index (κ2) is 9.86. The predicted octanol–water partition coefficient (Wildman–Crippen LogP) is 4.89. The SMILES string of the molecule is Fc1cnc(/N=N/Cc2ccc(Nc3cccc(C(F)(F)F)c3)cn2)nc1N1CCOCC1. The number of halogens is 4. The highest BCUT2D eigenvalue weighted by Crippen LogP contribution is 2.31. The summed E-state index contributed by atoms with van der Waals surface area (Å²) in [5.41, 5.74) is 0.650. The average molecular weight is 461 g/mol. The van der Waals surface area contributed by atoms with Gasteiger partial charge in [0, 0.05) is 18.8 Å². The van der Waals surface area contributed by atoms with Gasteiger partial charge in [-0.15, -0.1) is 5.11 Å². The van der Waals surface area contributed by atoms with Crippen molar-refractivity contribution in [3.05, 3.63) is 65.9 Å². The number of benzene rings is 1. The van der Waals surface area contributed by atoms with E-state index in [2.05, 4.69) is 30.5 Å². The maximum atomic E-state index is 14.1. The van der Waals surface area contributed by atoms with E-state index in [0.717, 1.165) is 18.3 Å². The van der Waals surface area contributed by atoms with Gasteiger partial charge in [-0.25, -0.2) is 9.37 Å². The number of hydrogen-bond donors (Lipinski definition) is 1. The lowest BCUT2D eigenvalue weighted by Gasteiger charge is -2.27. The highest BCUT2D eigenvalue weighted by molar-refractivity contribution is 5.59. The van der Waals surface area contributed by atoms with Crippen molar-refractivity contribution in [2.45, 2.75) is 12.7 Å². The van der Waals surface area contributed by atoms with E-state index in [0.29, 0.717) is 43.4 Å². The molecule has 2 aromatic heterocycles. The maximum absolute atomic E-state index is 14.1. The Morgan fingerprint density at radius 2 is 1.85 bits per heavy atom. The van der Waals surface area contributed by atoms with Gasteiger partial charge < -0.3 is 15.0 Å². The quantitative estimate of drug-likeness (QED) is 0.415. The molecule has 172 valence electrons. The largest absolute Gasteiger partial charge is 0.416 e. The molecule has 0 bridgehead atoms. The van der Waals surface area contributed by atoms with Crippen LogP contribution in [0.1, 0.15) is 11.3 Å². The number of rotatable bonds is 6. The van der Waals surface area contributed by atoms with Gasteiger partial charge in [-0.2, -0.15) is 23.3 Å². The van der Waals surface area contributed by atoms with E-state index in [1.165, 1.54) is 18.3 Å². The Bertz CT molecular complexity index is 1120. The van der Waals surface area contributed by atoms with Crippen LogP contribution in [0, 0.1) is 5.82 Å². The number of nitrogens with one attached hydrogen (secondary N) is 1. The van der Waals surface area contributed by atoms with Gasteiger partial charge in [0.15, 0.2) is 11.6 Å². The fourth-order valence-electron chi connectivity index (χ4n) is 3.10. The Balaban J connectivity index is 1.37. The zero-order valence-corrected chi connectivity index (χ0v) is 17.3. The molecule has 0 unspecified atom stereocenters. The lowest BCUT2D eigenvalue weighted by atomic mass is 10.2. The van der Waals surface area contributed by atoms with E-state index >= 15 is 0 Å². The first-order valence-corrected chi connectivity index (χ1v) is 10.0. The smallest absolute Gasteiger partial charge is 0.378 e. The molecule has 8 nitrogen and oxygen atoms in total. The first kappa shape index (κ1) is 22.5. The van der Waals surface area contributed by atoms with Gasteiger partial charge in [0.2, 0.25) is 0 Å². The van der Waals surface area contributed by atoms with E-state index in [1.54, 1.807) is 17.0 Å². The third-order valence-electron chi connectivity index (χ3n) is 4.72. The molecule has 1 saturated heterocycles. The van der Waals surface area contributed by atoms with Crippen LogP contribution in [0.2, 0.25) is 0 Å². The van der Waals surface area contributed by atoms with Gasteiger partial charge in [-0.1, -0.05) is 6.07 Å². The van der Waals surface area contributed by atoms with Crippen LogP contribution in [0.4, 0.5) is 40.7 Å². The summed E-state index contributed by atoms with van der Waals surface area (Å²) in [5, 5.41) is 10.8. The highest BCUT2D eigenvalue weighted by Gasteiger charge is 2.30. The number of azo groups is 1. The summed E-state index contributed by atoms with van der Waals surface area (Å²) in [6, 6.07) is 8.23. The van der Waals surface area contributed by atoms with Crippen molar-refractivity contribution < 1.29 is 22.3 Å². The Kier molecular flexibility index (Phi) is 6.73. The van der Waals surface area contributed by atoms with Crippen LogP contribution in [-0.2, 0) is 17.5 Å². The van der Waals surface area contributed by atoms with E-state index in [9.17, 15) is 17.6 Å². The number of morpholine rings is 1. The van der Waals surface area contributed by atoms with E-state index in [1.807, 2.05) is 0 Å². The van der Waals surface area contributed by atoms with Gasteiger partial charge in [0.1, 0.15) is 6.54 Å². The van der Waals surface area contributed by atoms with Crippen molar-refractivity contribution >= 4 is 23.1 Å². The van der Waals surface area contributed by atoms with Crippen molar-refractivity contribution in [2.75, 3.05) is 36.5 Å². The molecule has 3 aromatic rings. The molecular weight excluding hydrogens is 442 g/mol. The molecule has 1 aliphatic rings. The van der Waals surface area contributed by atoms with E-state index in [4.69, 9.17) is 4.74 Å². The molecule has 1 aromatic carbocycles. The van der Waals surface area contributed by atoms with Crippen molar-refractivity contribution in [3.63, 3.8) is 0 Å². The summed E-state index contributed by atoms with van der Waals surface area (Å²) in [7, 11) is 0. The van der Waals surface area contributed by atoms with E-state index in [-0.39, 0.29) is 18.3 Å². The summed E-state index contributed by atoms with van der Waals surface area (Å²) in [6.07, 6.45) is -1.88. The van der Waals surface area contributed by atoms with Crippen LogP contribution in [0.25, 0.3) is 0 Å². The number of anilines is 3. The fraction of sp³-hybridized carbons (Fsp3) is 0.286. The van der Waals surface area contributed by atoms with Crippen LogP contribution >= 0.6 is 0 Å². The molecule has 3 heterocycles. The Morgan fingerprint density at radius 1 is 1.03 bits per heavy atom. The second-order valence-corrected chi connectivity index (χ2v) is 7.08. The van der Waals surface area contributed by atoms with Crippen LogP contribution in [0.5, 0.6) is 0 Å². The van der Waals surface area contributed by atoms with Crippen LogP contribution < -0.4 is 10.2 Å². The van der Waals surface area contributed by atoms with Gasteiger partial charge in [0.05, 0.1) is 42.6 Å². The summed E-state index contributed by atoms with van der Waals surface area (Å²) in [5.74, 6) is -0.354. The minimum Gasteiger partial charge on any atom is -0.378 e. The second-order valence-electron chi connectivity index (χ2n) is 7.08. The fourth-order valence-corrected chi connectivity index (χ4v) is 3.10. The normalized spacial score (nSPS) is 14.6. The molecule has 0 spiro atoms. The maximum Gasteiger partial charge on any atom is 0.416 e. The van der Waals surface area contributed by atoms with Crippen molar-refractivity contribution in [3.8, 4) is 0 Å². The number of alkyl halides is 3. The molecule has 12 heteroatoms. The van der Waals surface area contributed by atoms with Gasteiger partial charge >= 0.3 is 6.18 Å². The first-order valence-electron chi connectivity index (χ1n) is 10.0. The molecule has 0 aliphatic carbocycles. The first-order chi connectivity index (χ1) is 15.9. The minimum absolute atomic E-state index is 0.0284. The molecule has 0 saturated carbocycles. The lowest BCUT2D eigenvalue weighted by molar-refractivity contribution is -0.137. The summed E-state index contributed by atoms with van der Waals surface area (Å²) >= 11 is 0. The number of ether oxygens (including phenoxy) is 1. The molecule has 0 amide bonds. The number of nitrogens with zero attached hydrogens (tertiary/aromatic N) is 6. The molecule has 0 radical (unpaired) electrons. The van der Waals surface area contributed by atoms with Crippen molar-refractivity contribution in [2.24, 2.45) is 10.2 Å². The van der Waals surface area contributed by atoms with Gasteiger partial charge in [0.25, 0.3) is 5.95 Å². The van der Waals surface area contributed by atoms with Gasteiger partial charge in [-0.3, -0.25) is 4.98 Å². The molecule has 33 heavy (non-hydrogen) atoms. The third kappa shape index (κ3) is 5.98. The number of hydrogen-bond acceptors (Lipinski definition) is 8. The topological polar surface area (TPSA) is 87.9 Å². The molecule has 1 aliphatic heterocycles. The summed E-state index contributed by atoms with van der Waals surface area (Å²) < 4.78 is 57.9. The molecular formula is C21H19F4N7O. The van der Waals surface area contributed by atoms with E-state index < -0.39 is 17.6 Å². The molecule has 1 N–H and O–H groups in total. The van der Waals surface area contributed by atoms with Crippen molar-refractivity contribution in [1.82, 2.24) is 15.0 Å². The van der Waals surface area contributed by atoms with Crippen molar-refractivity contribution in [1.29, 1.82) is 0 Å². The standard InChI is InChI=1S/C21H19F4N7O/c22-18-13-27-20(30-19(18)32-6-8-33-9-7-32)31-28-12-16-4-5-17(11-26-16)29-15-3-1-2-14(10-15)21(23,24)25/h1-5,10-11,13,29H,6-9,12H2/b31-28+. The minimum atomic E-state index is -4.41. The Labute approximate surface area is 186 Å². The molecule has 1 fully saturated rings. The van der Waals surface area contributed by atoms with Gasteiger partial charge in [-0.05, 0) is 30.3 Å². The third-order valence-corrected chi connectivity index (χ3v) is 4.72. The molecule has 0 atom stereocenters. The monoisotopic (exact) mass is 461 g/mol. The highest BCUT2D eigenvalue weighted by atomic mass is 19.4. The van der Waals surface area contributed by atoms with Crippen LogP contribution in [0.15, 0.2) is 59.0 Å². The lowest BCUT2D eigenvalue weighted by Crippen LogP contribution is -2.37. The predicted molar refractivity (Wildman–Crippen MR) is 112 cm³/mol.